The first kappa shape index (κ1) is 22.8. The predicted octanol–water partition coefficient (Wildman–Crippen LogP) is 3.15. The van der Waals surface area contributed by atoms with E-state index in [9.17, 15) is 4.39 Å². The molecule has 2 N–H and O–H groups in total. The van der Waals surface area contributed by atoms with Crippen molar-refractivity contribution in [3.05, 3.63) is 59.1 Å². The third-order valence-corrected chi connectivity index (χ3v) is 5.84. The molecule has 2 aromatic heterocycles. The maximum absolute atomic E-state index is 14.7. The number of thiocarbonyl (C=S) groups is 1. The molecule has 3 aromatic rings. The van der Waals surface area contributed by atoms with Crippen LogP contribution in [0.3, 0.4) is 0 Å². The Kier molecular flexibility index (Phi) is 6.91. The van der Waals surface area contributed by atoms with Gasteiger partial charge in [-0.1, -0.05) is 0 Å². The normalized spacial score (nSPS) is 15.8. The van der Waals surface area contributed by atoms with Crippen molar-refractivity contribution in [1.29, 1.82) is 0 Å². The lowest BCUT2D eigenvalue weighted by atomic mass is 10.0. The summed E-state index contributed by atoms with van der Waals surface area (Å²) in [6.07, 6.45) is 6.32. The number of aromatic nitrogens is 3. The smallest absolute Gasteiger partial charge is 0.218 e. The summed E-state index contributed by atoms with van der Waals surface area (Å²) in [6.45, 7) is 9.18. The zero-order valence-electron chi connectivity index (χ0n) is 18.2. The van der Waals surface area contributed by atoms with E-state index in [1.54, 1.807) is 29.8 Å². The number of imidazole rings is 1. The summed E-state index contributed by atoms with van der Waals surface area (Å²) in [4.78, 5) is 12.2. The molecular weight excluding hydrogens is 441 g/mol. The van der Waals surface area contributed by atoms with Crippen LogP contribution in [0.4, 0.5) is 4.39 Å². The van der Waals surface area contributed by atoms with E-state index in [1.807, 2.05) is 17.7 Å². The number of hydrazone groups is 1. The molecule has 1 atom stereocenters. The van der Waals surface area contributed by atoms with Crippen molar-refractivity contribution in [2.24, 2.45) is 23.8 Å². The van der Waals surface area contributed by atoms with Gasteiger partial charge < -0.3 is 19.9 Å². The van der Waals surface area contributed by atoms with E-state index in [4.69, 9.17) is 29.3 Å². The third-order valence-electron chi connectivity index (χ3n) is 5.63. The van der Waals surface area contributed by atoms with Gasteiger partial charge in [0, 0.05) is 49.6 Å². The Labute approximate surface area is 196 Å². The molecule has 0 spiro atoms. The number of ether oxygens (including phenoxy) is 1. The molecule has 0 amide bonds. The Morgan fingerprint density at radius 1 is 1.48 bits per heavy atom. The van der Waals surface area contributed by atoms with Gasteiger partial charge in [-0.3, -0.25) is 0 Å². The van der Waals surface area contributed by atoms with Crippen LogP contribution in [0.2, 0.25) is 0 Å². The number of benzene rings is 1. The standard InChI is InChI=1S/C23H24FN7OS/c1-26-5-3-16-7-18-17(10-28-31(23(25)33)12-15-4-6-32-13-15)8-21(22-11-27-14-30(22)2)29-20(18)9-19(16)24/h7-11,14-15H,3-6,12-13H2,2H3,(H2,25,33). The minimum atomic E-state index is -0.380. The molecule has 0 bridgehead atoms. The highest BCUT2D eigenvalue weighted by molar-refractivity contribution is 7.80. The third kappa shape index (κ3) is 5.16. The van der Waals surface area contributed by atoms with Crippen LogP contribution < -0.4 is 5.73 Å². The molecule has 10 heteroatoms. The summed E-state index contributed by atoms with van der Waals surface area (Å²) in [7, 11) is 1.87. The zero-order valence-corrected chi connectivity index (χ0v) is 19.1. The first-order chi connectivity index (χ1) is 16.0. The molecular formula is C23H24FN7OS. The number of pyridine rings is 1. The molecule has 0 saturated carbocycles. The van der Waals surface area contributed by atoms with Crippen LogP contribution in [0.1, 0.15) is 17.5 Å². The predicted molar refractivity (Wildman–Crippen MR) is 129 cm³/mol. The molecule has 0 radical (unpaired) electrons. The van der Waals surface area contributed by atoms with Crippen LogP contribution in [0.5, 0.6) is 0 Å². The maximum Gasteiger partial charge on any atom is 0.218 e. The van der Waals surface area contributed by atoms with Gasteiger partial charge in [-0.2, -0.15) is 5.10 Å². The second-order valence-electron chi connectivity index (χ2n) is 7.97. The summed E-state index contributed by atoms with van der Waals surface area (Å²) in [6, 6.07) is 5.04. The first-order valence-corrected chi connectivity index (χ1v) is 11.0. The topological polar surface area (TPSA) is 85.9 Å². The minimum absolute atomic E-state index is 0.173. The molecule has 33 heavy (non-hydrogen) atoms. The summed E-state index contributed by atoms with van der Waals surface area (Å²) in [5.41, 5.74) is 9.05. The van der Waals surface area contributed by atoms with E-state index in [1.165, 1.54) is 6.07 Å². The van der Waals surface area contributed by atoms with E-state index >= 15 is 0 Å². The van der Waals surface area contributed by atoms with Crippen LogP contribution in [-0.2, 0) is 18.2 Å². The molecule has 1 saturated heterocycles. The Balaban J connectivity index is 1.78. The van der Waals surface area contributed by atoms with Crippen molar-refractivity contribution in [3.63, 3.8) is 0 Å². The van der Waals surface area contributed by atoms with E-state index in [-0.39, 0.29) is 17.5 Å². The van der Waals surface area contributed by atoms with E-state index in [2.05, 4.69) is 19.9 Å². The Morgan fingerprint density at radius 3 is 3.00 bits per heavy atom. The monoisotopic (exact) mass is 465 g/mol. The second-order valence-corrected chi connectivity index (χ2v) is 8.39. The Morgan fingerprint density at radius 2 is 2.33 bits per heavy atom. The fourth-order valence-electron chi connectivity index (χ4n) is 3.83. The molecule has 0 aliphatic carbocycles. The van der Waals surface area contributed by atoms with E-state index in [0.717, 1.165) is 29.7 Å². The van der Waals surface area contributed by atoms with Crippen LogP contribution in [0.25, 0.3) is 27.1 Å². The van der Waals surface area contributed by atoms with Gasteiger partial charge in [0.25, 0.3) is 0 Å². The van der Waals surface area contributed by atoms with Gasteiger partial charge in [0.05, 0.1) is 42.3 Å². The SMILES string of the molecule is [C-]#[N+]CCc1cc2c(C=NN(CC3CCOC3)C(N)=S)cc(-c3cncn3C)nc2cc1F. The van der Waals surface area contributed by atoms with Crippen LogP contribution in [0.15, 0.2) is 35.8 Å². The Bertz CT molecular complexity index is 1240. The summed E-state index contributed by atoms with van der Waals surface area (Å²) in [5, 5.41) is 7.06. The summed E-state index contributed by atoms with van der Waals surface area (Å²) < 4.78 is 22.0. The van der Waals surface area contributed by atoms with Crippen LogP contribution in [-0.4, -0.2) is 57.2 Å². The molecule has 1 aliphatic heterocycles. The van der Waals surface area contributed by atoms with Crippen molar-refractivity contribution >= 4 is 34.4 Å². The fraction of sp³-hybridized carbons (Fsp3) is 0.348. The molecule has 1 unspecified atom stereocenters. The average Bonchev–Trinajstić information content (AvgIpc) is 3.46. The second kappa shape index (κ2) is 10.0. The molecule has 1 aromatic carbocycles. The maximum atomic E-state index is 14.7. The van der Waals surface area contributed by atoms with Crippen molar-refractivity contribution in [3.8, 4) is 11.4 Å². The fourth-order valence-corrected chi connectivity index (χ4v) is 3.95. The van der Waals surface area contributed by atoms with Gasteiger partial charge in [0.1, 0.15) is 5.82 Å². The van der Waals surface area contributed by atoms with E-state index in [0.29, 0.717) is 42.3 Å². The number of nitrogens with two attached hydrogens (primary N) is 1. The number of rotatable bonds is 7. The van der Waals surface area contributed by atoms with Crippen LogP contribution in [0, 0.1) is 18.3 Å². The molecule has 3 heterocycles. The molecule has 1 aliphatic rings. The van der Waals surface area contributed by atoms with E-state index < -0.39 is 0 Å². The van der Waals surface area contributed by atoms with Gasteiger partial charge in [-0.25, -0.2) is 25.9 Å². The molecule has 4 rings (SSSR count). The van der Waals surface area contributed by atoms with Crippen molar-refractivity contribution in [1.82, 2.24) is 19.5 Å². The highest BCUT2D eigenvalue weighted by Crippen LogP contribution is 2.26. The van der Waals surface area contributed by atoms with Crippen molar-refractivity contribution < 1.29 is 9.13 Å². The molecule has 170 valence electrons. The van der Waals surface area contributed by atoms with Crippen molar-refractivity contribution in [2.75, 3.05) is 26.3 Å². The number of nitrogens with zero attached hydrogens (tertiary/aromatic N) is 6. The number of fused-ring (bicyclic) bond motifs is 1. The number of halogens is 1. The van der Waals surface area contributed by atoms with Gasteiger partial charge in [-0.05, 0) is 36.3 Å². The zero-order chi connectivity index (χ0) is 23.4. The molecule has 1 fully saturated rings. The Hall–Kier alpha value is -3.42. The lowest BCUT2D eigenvalue weighted by Gasteiger charge is -2.20. The van der Waals surface area contributed by atoms with Crippen molar-refractivity contribution in [2.45, 2.75) is 12.8 Å². The first-order valence-electron chi connectivity index (χ1n) is 10.6. The molecule has 8 nitrogen and oxygen atoms in total. The lowest BCUT2D eigenvalue weighted by Crippen LogP contribution is -2.35. The summed E-state index contributed by atoms with van der Waals surface area (Å²) >= 11 is 5.20. The van der Waals surface area contributed by atoms with Gasteiger partial charge in [-0.15, -0.1) is 0 Å². The highest BCUT2D eigenvalue weighted by Gasteiger charge is 2.20. The summed E-state index contributed by atoms with van der Waals surface area (Å²) in [5.74, 6) is -0.0770. The van der Waals surface area contributed by atoms with Gasteiger partial charge in [0.15, 0.2) is 5.11 Å². The lowest BCUT2D eigenvalue weighted by molar-refractivity contribution is 0.180. The highest BCUT2D eigenvalue weighted by atomic mass is 32.1. The largest absolute Gasteiger partial charge is 0.381 e. The number of aryl methyl sites for hydroxylation is 1. The minimum Gasteiger partial charge on any atom is -0.381 e. The average molecular weight is 466 g/mol. The van der Waals surface area contributed by atoms with Gasteiger partial charge in [0.2, 0.25) is 6.54 Å². The number of hydrogen-bond donors (Lipinski definition) is 1. The quantitative estimate of drug-likeness (QED) is 0.250. The van der Waals surface area contributed by atoms with Crippen LogP contribution >= 0.6 is 12.2 Å². The van der Waals surface area contributed by atoms with Gasteiger partial charge >= 0.3 is 0 Å². The number of hydrogen-bond acceptors (Lipinski definition) is 5.